The smallest absolute Gasteiger partial charge is 0.414 e. The molecule has 46 heavy (non-hydrogen) atoms. The van der Waals surface area contributed by atoms with E-state index in [-0.39, 0.29) is 37.6 Å². The summed E-state index contributed by atoms with van der Waals surface area (Å²) in [7, 11) is 1.55. The summed E-state index contributed by atoms with van der Waals surface area (Å²) in [5.74, 6) is -2.94. The molecule has 0 bridgehead atoms. The summed E-state index contributed by atoms with van der Waals surface area (Å²) >= 11 is 0. The summed E-state index contributed by atoms with van der Waals surface area (Å²) in [6.45, 7) is 8.67. The fraction of sp³-hybridized carbons (Fsp3) is 0.515. The number of carboxylic acids is 1. The number of rotatable bonds is 20. The second-order valence-corrected chi connectivity index (χ2v) is 11.6. The largest absolute Gasteiger partial charge is 0.480 e. The molecule has 0 saturated carbocycles. The minimum Gasteiger partial charge on any atom is -0.480 e. The zero-order valence-corrected chi connectivity index (χ0v) is 27.2. The highest BCUT2D eigenvalue weighted by molar-refractivity contribution is 5.97. The Morgan fingerprint density at radius 1 is 0.870 bits per heavy atom. The molecule has 2 aromatic rings. The van der Waals surface area contributed by atoms with Gasteiger partial charge in [0.1, 0.15) is 12.6 Å². The number of hydrogen-bond donors (Lipinski definition) is 4. The number of nitrogens with zero attached hydrogens (tertiary/aromatic N) is 1. The number of aliphatic carboxylic acids is 1. The molecule has 2 aromatic carbocycles. The fourth-order valence-electron chi connectivity index (χ4n) is 4.31. The van der Waals surface area contributed by atoms with Gasteiger partial charge in [-0.25, -0.2) is 9.59 Å². The average molecular weight is 645 g/mol. The van der Waals surface area contributed by atoms with Crippen LogP contribution in [0.1, 0.15) is 43.1 Å². The monoisotopic (exact) mass is 644 g/mol. The van der Waals surface area contributed by atoms with Gasteiger partial charge < -0.3 is 40.4 Å². The van der Waals surface area contributed by atoms with Gasteiger partial charge in [0.05, 0.1) is 39.6 Å². The highest BCUT2D eigenvalue weighted by Gasteiger charge is 2.36. The van der Waals surface area contributed by atoms with E-state index < -0.39 is 35.3 Å². The van der Waals surface area contributed by atoms with Crippen LogP contribution in [0.25, 0.3) is 0 Å². The molecule has 13 nitrogen and oxygen atoms in total. The lowest BCUT2D eigenvalue weighted by molar-refractivity contribution is -0.140. The third-order valence-electron chi connectivity index (χ3n) is 6.98. The summed E-state index contributed by atoms with van der Waals surface area (Å²) in [4.78, 5) is 52.0. The van der Waals surface area contributed by atoms with Crippen LogP contribution in [0.15, 0.2) is 54.6 Å². The Morgan fingerprint density at radius 3 is 2.02 bits per heavy atom. The molecule has 0 aliphatic carbocycles. The van der Waals surface area contributed by atoms with Crippen molar-refractivity contribution in [2.45, 2.75) is 39.8 Å². The second-order valence-electron chi connectivity index (χ2n) is 11.6. The molecule has 5 N–H and O–H groups in total. The van der Waals surface area contributed by atoms with E-state index in [1.54, 1.807) is 19.2 Å². The number of amides is 3. The number of carbonyl (C=O) groups excluding carboxylic acids is 3. The Hall–Kier alpha value is -4.04. The predicted molar refractivity (Wildman–Crippen MR) is 172 cm³/mol. The van der Waals surface area contributed by atoms with E-state index in [9.17, 15) is 24.3 Å². The number of carboxylic acid groups (broad SMARTS) is 1. The molecule has 0 heterocycles. The third kappa shape index (κ3) is 13.9. The Labute approximate surface area is 270 Å². The highest BCUT2D eigenvalue weighted by Crippen LogP contribution is 2.30. The Bertz CT molecular complexity index is 1220. The SMILES string of the molecule is CN(C(=O)OCc1ccccc1)c1ccc(C(=O)N[C@@H](CC(C(=O)NCCOCCOCCOCCN)C(C)(C)C)C(=O)O)cc1. The summed E-state index contributed by atoms with van der Waals surface area (Å²) in [5.41, 5.74) is 6.28. The average Bonchev–Trinajstić information content (AvgIpc) is 3.03. The molecule has 0 spiro atoms. The molecule has 2 atom stereocenters. The Balaban J connectivity index is 1.87. The maximum absolute atomic E-state index is 13.1. The van der Waals surface area contributed by atoms with Gasteiger partial charge in [-0.2, -0.15) is 0 Å². The van der Waals surface area contributed by atoms with E-state index in [1.165, 1.54) is 17.0 Å². The van der Waals surface area contributed by atoms with Gasteiger partial charge in [0.15, 0.2) is 0 Å². The molecule has 2 rings (SSSR count). The molecule has 3 amide bonds. The van der Waals surface area contributed by atoms with Crippen molar-refractivity contribution < 1.29 is 43.2 Å². The summed E-state index contributed by atoms with van der Waals surface area (Å²) in [5, 5.41) is 15.2. The molecule has 0 saturated heterocycles. The summed E-state index contributed by atoms with van der Waals surface area (Å²) < 4.78 is 21.4. The molecular formula is C33H48N4O9. The lowest BCUT2D eigenvalue weighted by Gasteiger charge is -2.31. The molecule has 254 valence electrons. The first kappa shape index (κ1) is 38.1. The number of ether oxygens (including phenoxy) is 4. The lowest BCUT2D eigenvalue weighted by atomic mass is 9.76. The van der Waals surface area contributed by atoms with Crippen LogP contribution < -0.4 is 21.3 Å². The second kappa shape index (κ2) is 20.2. The van der Waals surface area contributed by atoms with Crippen LogP contribution in [0, 0.1) is 11.3 Å². The molecule has 0 radical (unpaired) electrons. The van der Waals surface area contributed by atoms with Crippen LogP contribution in [-0.4, -0.2) is 94.8 Å². The number of carbonyl (C=O) groups is 4. The quantitative estimate of drug-likeness (QED) is 0.157. The van der Waals surface area contributed by atoms with Crippen LogP contribution in [-0.2, 0) is 35.1 Å². The number of hydrogen-bond acceptors (Lipinski definition) is 9. The zero-order valence-electron chi connectivity index (χ0n) is 27.2. The van der Waals surface area contributed by atoms with Gasteiger partial charge in [-0.15, -0.1) is 0 Å². The molecule has 1 unspecified atom stereocenters. The maximum Gasteiger partial charge on any atom is 0.414 e. The lowest BCUT2D eigenvalue weighted by Crippen LogP contribution is -2.47. The van der Waals surface area contributed by atoms with E-state index in [4.69, 9.17) is 24.7 Å². The van der Waals surface area contributed by atoms with Crippen molar-refractivity contribution in [3.63, 3.8) is 0 Å². The standard InChI is InChI=1S/C33H48N4O9/c1-33(2,3)27(30(39)35-15-17-44-19-21-45-20-18-43-16-14-34)22-28(31(40)41)36-29(38)25-10-12-26(13-11-25)37(4)32(42)46-23-24-8-6-5-7-9-24/h5-13,27-28H,14-23,34H2,1-4H3,(H,35,39)(H,36,38)(H,40,41)/t27?,28-/m0/s1. The Morgan fingerprint density at radius 2 is 1.46 bits per heavy atom. The number of nitrogens with one attached hydrogen (secondary N) is 2. The minimum absolute atomic E-state index is 0.116. The van der Waals surface area contributed by atoms with Gasteiger partial charge in [-0.3, -0.25) is 14.5 Å². The summed E-state index contributed by atoms with van der Waals surface area (Å²) in [6.07, 6.45) is -0.690. The van der Waals surface area contributed by atoms with Gasteiger partial charge >= 0.3 is 12.1 Å². The van der Waals surface area contributed by atoms with E-state index in [0.717, 1.165) is 5.56 Å². The molecular weight excluding hydrogens is 596 g/mol. The van der Waals surface area contributed by atoms with Gasteiger partial charge in [0.2, 0.25) is 5.91 Å². The number of benzene rings is 2. The predicted octanol–water partition coefficient (Wildman–Crippen LogP) is 2.82. The summed E-state index contributed by atoms with van der Waals surface area (Å²) in [6, 6.07) is 14.0. The van der Waals surface area contributed by atoms with E-state index in [0.29, 0.717) is 45.3 Å². The van der Waals surface area contributed by atoms with Crippen molar-refractivity contribution in [1.82, 2.24) is 10.6 Å². The Kier molecular flexibility index (Phi) is 16.7. The van der Waals surface area contributed by atoms with Crippen molar-refractivity contribution in [3.05, 3.63) is 65.7 Å². The zero-order chi connectivity index (χ0) is 34.0. The van der Waals surface area contributed by atoms with Crippen LogP contribution >= 0.6 is 0 Å². The van der Waals surface area contributed by atoms with Crippen LogP contribution in [0.5, 0.6) is 0 Å². The van der Waals surface area contributed by atoms with Crippen molar-refractivity contribution >= 4 is 29.6 Å². The molecule has 0 aliphatic heterocycles. The van der Waals surface area contributed by atoms with Gasteiger partial charge in [-0.05, 0) is 41.7 Å². The van der Waals surface area contributed by atoms with Crippen LogP contribution in [0.4, 0.5) is 10.5 Å². The number of anilines is 1. The van der Waals surface area contributed by atoms with Crippen molar-refractivity contribution in [2.75, 3.05) is 64.7 Å². The first-order chi connectivity index (χ1) is 21.9. The van der Waals surface area contributed by atoms with Crippen molar-refractivity contribution in [3.8, 4) is 0 Å². The van der Waals surface area contributed by atoms with E-state index in [2.05, 4.69) is 10.6 Å². The van der Waals surface area contributed by atoms with Crippen molar-refractivity contribution in [2.24, 2.45) is 17.1 Å². The van der Waals surface area contributed by atoms with E-state index >= 15 is 0 Å². The maximum atomic E-state index is 13.1. The topological polar surface area (TPSA) is 179 Å². The van der Waals surface area contributed by atoms with E-state index in [1.807, 2.05) is 51.1 Å². The van der Waals surface area contributed by atoms with Gasteiger partial charge in [-0.1, -0.05) is 51.1 Å². The number of nitrogens with two attached hydrogens (primary N) is 1. The molecule has 0 fully saturated rings. The highest BCUT2D eigenvalue weighted by atomic mass is 16.6. The first-order valence-electron chi connectivity index (χ1n) is 15.2. The van der Waals surface area contributed by atoms with Crippen LogP contribution in [0.3, 0.4) is 0 Å². The van der Waals surface area contributed by atoms with Crippen molar-refractivity contribution in [1.29, 1.82) is 0 Å². The third-order valence-corrected chi connectivity index (χ3v) is 6.98. The minimum atomic E-state index is -1.32. The van der Waals surface area contributed by atoms with Crippen LogP contribution in [0.2, 0.25) is 0 Å². The molecule has 0 aliphatic rings. The van der Waals surface area contributed by atoms with Gasteiger partial charge in [0.25, 0.3) is 5.91 Å². The molecule has 0 aromatic heterocycles. The van der Waals surface area contributed by atoms with Gasteiger partial charge in [0, 0.05) is 37.3 Å². The normalized spacial score (nSPS) is 12.5. The molecule has 13 heteroatoms. The fourth-order valence-corrected chi connectivity index (χ4v) is 4.31. The first-order valence-corrected chi connectivity index (χ1v) is 15.2.